The molecule has 0 radical (unpaired) electrons. The van der Waals surface area contributed by atoms with Crippen LogP contribution in [-0.2, 0) is 12.6 Å². The molecule has 1 unspecified atom stereocenters. The zero-order valence-electron chi connectivity index (χ0n) is 11.1. The van der Waals surface area contributed by atoms with Crippen LogP contribution in [0.3, 0.4) is 0 Å². The first-order chi connectivity index (χ1) is 9.54. The van der Waals surface area contributed by atoms with Gasteiger partial charge in [-0.15, -0.1) is 0 Å². The highest BCUT2D eigenvalue weighted by molar-refractivity contribution is 5.60. The van der Waals surface area contributed by atoms with Gasteiger partial charge in [0.15, 0.2) is 0 Å². The lowest BCUT2D eigenvalue weighted by Gasteiger charge is -2.29. The van der Waals surface area contributed by atoms with Crippen LogP contribution in [-0.4, -0.2) is 43.7 Å². The molecule has 0 amide bonds. The molecule has 20 heavy (non-hydrogen) atoms. The highest BCUT2D eigenvalue weighted by Gasteiger charge is 2.37. The van der Waals surface area contributed by atoms with Crippen LogP contribution < -0.4 is 10.6 Å². The molecule has 3 nitrogen and oxygen atoms in total. The highest BCUT2D eigenvalue weighted by Crippen LogP contribution is 2.38. The topological polar surface area (TPSA) is 27.3 Å². The molecule has 110 valence electrons. The molecule has 0 spiro atoms. The fraction of sp³-hybridized carbons (Fsp3) is 0.571. The van der Waals surface area contributed by atoms with Crippen LogP contribution in [0.25, 0.3) is 0 Å². The summed E-state index contributed by atoms with van der Waals surface area (Å²) in [6.45, 7) is 4.62. The van der Waals surface area contributed by atoms with Crippen molar-refractivity contribution >= 4 is 5.69 Å². The molecule has 2 aliphatic rings. The molecule has 1 atom stereocenters. The van der Waals surface area contributed by atoms with Crippen LogP contribution in [0.1, 0.15) is 11.1 Å². The van der Waals surface area contributed by atoms with Gasteiger partial charge in [-0.2, -0.15) is 13.2 Å². The van der Waals surface area contributed by atoms with E-state index in [0.29, 0.717) is 17.7 Å². The van der Waals surface area contributed by atoms with Crippen LogP contribution in [0, 0.1) is 0 Å². The Labute approximate surface area is 116 Å². The van der Waals surface area contributed by atoms with Gasteiger partial charge in [-0.3, -0.25) is 4.90 Å². The van der Waals surface area contributed by atoms with Crippen LogP contribution in [0.2, 0.25) is 0 Å². The predicted octanol–water partition coefficient (Wildman–Crippen LogP) is 1.95. The average Bonchev–Trinajstić information content (AvgIpc) is 2.80. The fourth-order valence-electron chi connectivity index (χ4n) is 3.04. The number of halogens is 3. The summed E-state index contributed by atoms with van der Waals surface area (Å²) in [5, 5.41) is 6.51. The molecule has 1 fully saturated rings. The van der Waals surface area contributed by atoms with Crippen molar-refractivity contribution in [2.24, 2.45) is 0 Å². The van der Waals surface area contributed by atoms with Crippen molar-refractivity contribution in [3.63, 3.8) is 0 Å². The molecule has 0 aromatic heterocycles. The minimum Gasteiger partial charge on any atom is -0.380 e. The van der Waals surface area contributed by atoms with Crippen molar-refractivity contribution in [2.75, 3.05) is 38.0 Å². The van der Waals surface area contributed by atoms with Gasteiger partial charge in [0.25, 0.3) is 0 Å². The van der Waals surface area contributed by atoms with Gasteiger partial charge >= 0.3 is 6.18 Å². The third-order valence-corrected chi connectivity index (χ3v) is 3.98. The third-order valence-electron chi connectivity index (χ3n) is 3.98. The van der Waals surface area contributed by atoms with Crippen LogP contribution in [0.15, 0.2) is 18.2 Å². The van der Waals surface area contributed by atoms with E-state index in [1.54, 1.807) is 6.07 Å². The van der Waals surface area contributed by atoms with Crippen molar-refractivity contribution in [3.8, 4) is 0 Å². The first-order valence-electron chi connectivity index (χ1n) is 6.93. The molecule has 3 rings (SSSR count). The van der Waals surface area contributed by atoms with E-state index >= 15 is 0 Å². The second kappa shape index (κ2) is 5.26. The largest absolute Gasteiger partial charge is 0.416 e. The van der Waals surface area contributed by atoms with E-state index in [1.165, 1.54) is 12.1 Å². The monoisotopic (exact) mass is 285 g/mol. The maximum atomic E-state index is 13.0. The molecule has 0 saturated carbocycles. The second-order valence-electron chi connectivity index (χ2n) is 5.43. The molecular formula is C14H18F3N3. The Kier molecular flexibility index (Phi) is 3.60. The number of nitrogens with one attached hydrogen (secondary N) is 2. The van der Waals surface area contributed by atoms with Crippen LogP contribution in [0.4, 0.5) is 18.9 Å². The van der Waals surface area contributed by atoms with Gasteiger partial charge in [-0.1, -0.05) is 6.07 Å². The first-order valence-corrected chi connectivity index (χ1v) is 6.93. The summed E-state index contributed by atoms with van der Waals surface area (Å²) in [5.41, 5.74) is 0.561. The number of hydrogen-bond acceptors (Lipinski definition) is 3. The molecule has 1 aromatic carbocycles. The number of nitrogens with zero attached hydrogens (tertiary/aromatic N) is 1. The van der Waals surface area contributed by atoms with Gasteiger partial charge in [0.2, 0.25) is 0 Å². The minimum absolute atomic E-state index is 0.0756. The van der Waals surface area contributed by atoms with E-state index in [4.69, 9.17) is 0 Å². The Hall–Kier alpha value is -1.27. The zero-order valence-corrected chi connectivity index (χ0v) is 11.1. The van der Waals surface area contributed by atoms with Gasteiger partial charge in [0.05, 0.1) is 5.56 Å². The van der Waals surface area contributed by atoms with Crippen molar-refractivity contribution in [2.45, 2.75) is 18.6 Å². The molecule has 2 N–H and O–H groups in total. The second-order valence-corrected chi connectivity index (χ2v) is 5.43. The van der Waals surface area contributed by atoms with E-state index < -0.39 is 11.7 Å². The van der Waals surface area contributed by atoms with Crippen molar-refractivity contribution in [1.29, 1.82) is 0 Å². The minimum atomic E-state index is -4.27. The fourth-order valence-corrected chi connectivity index (χ4v) is 3.04. The van der Waals surface area contributed by atoms with Crippen molar-refractivity contribution in [1.82, 2.24) is 10.2 Å². The third kappa shape index (κ3) is 2.76. The Balaban J connectivity index is 1.72. The summed E-state index contributed by atoms with van der Waals surface area (Å²) in [4.78, 5) is 2.30. The Morgan fingerprint density at radius 3 is 2.65 bits per heavy atom. The average molecular weight is 285 g/mol. The van der Waals surface area contributed by atoms with Crippen LogP contribution >= 0.6 is 0 Å². The Bertz CT molecular complexity index is 481. The molecule has 1 aromatic rings. The maximum absolute atomic E-state index is 13.0. The quantitative estimate of drug-likeness (QED) is 0.869. The smallest absolute Gasteiger partial charge is 0.380 e. The Morgan fingerprint density at radius 2 is 1.95 bits per heavy atom. The normalized spacial score (nSPS) is 23.4. The molecule has 6 heteroatoms. The molecule has 1 saturated heterocycles. The SMILES string of the molecule is FC(F)(F)c1cccc2c1CC(CN1CCNCC1)N2. The van der Waals surface area contributed by atoms with Gasteiger partial charge in [0.1, 0.15) is 0 Å². The molecule has 0 bridgehead atoms. The lowest BCUT2D eigenvalue weighted by Crippen LogP contribution is -2.47. The van der Waals surface area contributed by atoms with Crippen molar-refractivity contribution < 1.29 is 13.2 Å². The maximum Gasteiger partial charge on any atom is 0.416 e. The summed E-state index contributed by atoms with van der Waals surface area (Å²) in [5.74, 6) is 0. The summed E-state index contributed by atoms with van der Waals surface area (Å²) >= 11 is 0. The molecular weight excluding hydrogens is 267 g/mol. The number of hydrogen-bond donors (Lipinski definition) is 2. The number of piperazine rings is 1. The van der Waals surface area contributed by atoms with Gasteiger partial charge < -0.3 is 10.6 Å². The number of rotatable bonds is 2. The van der Waals surface area contributed by atoms with Gasteiger partial charge in [-0.25, -0.2) is 0 Å². The Morgan fingerprint density at radius 1 is 1.20 bits per heavy atom. The summed E-state index contributed by atoms with van der Waals surface area (Å²) in [6, 6.07) is 4.46. The predicted molar refractivity (Wildman–Crippen MR) is 71.9 cm³/mol. The number of anilines is 1. The standard InChI is InChI=1S/C14H18F3N3/c15-14(16,17)12-2-1-3-13-11(12)8-10(19-13)9-20-6-4-18-5-7-20/h1-3,10,18-19H,4-9H2. The number of alkyl halides is 3. The molecule has 2 heterocycles. The van der Waals surface area contributed by atoms with E-state index in [1.807, 2.05) is 0 Å². The first kappa shape index (κ1) is 13.7. The number of benzene rings is 1. The lowest BCUT2D eigenvalue weighted by atomic mass is 10.0. The molecule has 0 aliphatic carbocycles. The van der Waals surface area contributed by atoms with E-state index in [9.17, 15) is 13.2 Å². The number of fused-ring (bicyclic) bond motifs is 1. The summed E-state index contributed by atoms with van der Waals surface area (Å²) in [7, 11) is 0. The van der Waals surface area contributed by atoms with Crippen molar-refractivity contribution in [3.05, 3.63) is 29.3 Å². The van der Waals surface area contributed by atoms with E-state index in [-0.39, 0.29) is 6.04 Å². The lowest BCUT2D eigenvalue weighted by molar-refractivity contribution is -0.138. The zero-order chi connectivity index (χ0) is 14.2. The summed E-state index contributed by atoms with van der Waals surface area (Å²) in [6.07, 6.45) is -3.81. The van der Waals surface area contributed by atoms with Crippen LogP contribution in [0.5, 0.6) is 0 Å². The van der Waals surface area contributed by atoms with Gasteiger partial charge in [-0.05, 0) is 24.1 Å². The summed E-state index contributed by atoms with van der Waals surface area (Å²) < 4.78 is 38.9. The highest BCUT2D eigenvalue weighted by atomic mass is 19.4. The molecule has 2 aliphatic heterocycles. The van der Waals surface area contributed by atoms with Gasteiger partial charge in [0, 0.05) is 44.5 Å². The van der Waals surface area contributed by atoms with E-state index in [0.717, 1.165) is 32.7 Å². The van der Waals surface area contributed by atoms with E-state index in [2.05, 4.69) is 15.5 Å².